The number of esters is 1. The Morgan fingerprint density at radius 1 is 1.15 bits per heavy atom. The molecule has 0 bridgehead atoms. The molecule has 1 atom stereocenters. The van der Waals surface area contributed by atoms with E-state index in [1.165, 1.54) is 0 Å². The molecule has 134 valence electrons. The molecule has 4 heteroatoms. The summed E-state index contributed by atoms with van der Waals surface area (Å²) in [5.74, 6) is 0.202. The largest absolute Gasteiger partial charge is 0.488 e. The molecule has 0 spiro atoms. The number of aryl methyl sites for hydroxylation is 1. The third kappa shape index (κ3) is 3.55. The zero-order chi connectivity index (χ0) is 18.7. The van der Waals surface area contributed by atoms with Crippen LogP contribution >= 0.6 is 0 Å². The Labute approximate surface area is 152 Å². The Hall–Kier alpha value is -2.85. The molecule has 3 rings (SSSR count). The molecule has 0 aliphatic rings. The van der Waals surface area contributed by atoms with Gasteiger partial charge in [-0.2, -0.15) is 0 Å². The number of benzene rings is 3. The minimum atomic E-state index is -0.753. The Kier molecular flexibility index (Phi) is 5.24. The molecule has 0 heterocycles. The fourth-order valence-electron chi connectivity index (χ4n) is 2.95. The second-order valence-electron chi connectivity index (χ2n) is 6.40. The van der Waals surface area contributed by atoms with Gasteiger partial charge in [-0.3, -0.25) is 0 Å². The van der Waals surface area contributed by atoms with Gasteiger partial charge in [0, 0.05) is 16.3 Å². The average Bonchev–Trinajstić information content (AvgIpc) is 2.64. The van der Waals surface area contributed by atoms with Crippen molar-refractivity contribution in [3.8, 4) is 5.75 Å². The average molecular weight is 350 g/mol. The van der Waals surface area contributed by atoms with Gasteiger partial charge in [0.2, 0.25) is 0 Å². The van der Waals surface area contributed by atoms with E-state index in [9.17, 15) is 9.90 Å². The van der Waals surface area contributed by atoms with Crippen LogP contribution in [0.1, 0.15) is 12.5 Å². The summed E-state index contributed by atoms with van der Waals surface area (Å²) in [7, 11) is 0. The summed E-state index contributed by atoms with van der Waals surface area (Å²) in [6.07, 6.45) is -0.753. The number of ether oxygens (including phenoxy) is 2. The molecule has 3 aromatic carbocycles. The molecule has 0 aliphatic carbocycles. The zero-order valence-corrected chi connectivity index (χ0v) is 15.0. The Balaban J connectivity index is 1.99. The van der Waals surface area contributed by atoms with E-state index in [1.54, 1.807) is 6.92 Å². The van der Waals surface area contributed by atoms with E-state index < -0.39 is 12.1 Å². The lowest BCUT2D eigenvalue weighted by Crippen LogP contribution is -2.28. The molecule has 0 fully saturated rings. The quantitative estimate of drug-likeness (QED) is 0.412. The molecule has 4 nitrogen and oxygen atoms in total. The van der Waals surface area contributed by atoms with Crippen LogP contribution in [0.15, 0.2) is 60.7 Å². The van der Waals surface area contributed by atoms with Gasteiger partial charge in [-0.15, -0.1) is 0 Å². The normalized spacial score (nSPS) is 12.1. The van der Waals surface area contributed by atoms with Gasteiger partial charge in [0.25, 0.3) is 0 Å². The maximum Gasteiger partial charge on any atom is 0.333 e. The number of hydrogen-bond acceptors (Lipinski definition) is 4. The number of aliphatic hydroxyl groups excluding tert-OH is 1. The Morgan fingerprint density at radius 2 is 1.88 bits per heavy atom. The SMILES string of the molecule is C=C(C)C(=O)OC(CO)COc1c2ccccc2cc2cccc(C)c12. The van der Waals surface area contributed by atoms with Gasteiger partial charge in [0.15, 0.2) is 6.10 Å². The summed E-state index contributed by atoms with van der Waals surface area (Å²) in [6, 6.07) is 16.2. The molecular weight excluding hydrogens is 328 g/mol. The second-order valence-corrected chi connectivity index (χ2v) is 6.40. The van der Waals surface area contributed by atoms with E-state index >= 15 is 0 Å². The van der Waals surface area contributed by atoms with E-state index in [-0.39, 0.29) is 18.8 Å². The predicted octanol–water partition coefficient (Wildman–Crippen LogP) is 4.16. The van der Waals surface area contributed by atoms with Crippen molar-refractivity contribution in [1.29, 1.82) is 0 Å². The molecule has 1 unspecified atom stereocenters. The Morgan fingerprint density at radius 3 is 2.62 bits per heavy atom. The summed E-state index contributed by atoms with van der Waals surface area (Å²) in [6.45, 7) is 6.91. The van der Waals surface area contributed by atoms with Crippen molar-refractivity contribution in [2.75, 3.05) is 13.2 Å². The van der Waals surface area contributed by atoms with Crippen molar-refractivity contribution in [2.24, 2.45) is 0 Å². The van der Waals surface area contributed by atoms with Crippen molar-refractivity contribution in [3.63, 3.8) is 0 Å². The molecule has 0 saturated heterocycles. The van der Waals surface area contributed by atoms with Gasteiger partial charge in [-0.25, -0.2) is 4.79 Å². The predicted molar refractivity (Wildman–Crippen MR) is 103 cm³/mol. The monoisotopic (exact) mass is 350 g/mol. The van der Waals surface area contributed by atoms with Crippen LogP contribution in [-0.4, -0.2) is 30.4 Å². The van der Waals surface area contributed by atoms with Gasteiger partial charge in [-0.1, -0.05) is 49.0 Å². The van der Waals surface area contributed by atoms with Gasteiger partial charge >= 0.3 is 5.97 Å². The summed E-state index contributed by atoms with van der Waals surface area (Å²) in [5.41, 5.74) is 1.39. The van der Waals surface area contributed by atoms with Crippen LogP contribution in [0.3, 0.4) is 0 Å². The number of rotatable bonds is 6. The van der Waals surface area contributed by atoms with Crippen molar-refractivity contribution < 1.29 is 19.4 Å². The van der Waals surface area contributed by atoms with Crippen LogP contribution in [0.25, 0.3) is 21.5 Å². The number of hydrogen-bond donors (Lipinski definition) is 1. The first-order chi connectivity index (χ1) is 12.5. The van der Waals surface area contributed by atoms with Crippen molar-refractivity contribution in [2.45, 2.75) is 20.0 Å². The maximum absolute atomic E-state index is 11.7. The third-order valence-corrected chi connectivity index (χ3v) is 4.29. The summed E-state index contributed by atoms with van der Waals surface area (Å²) in [5, 5.41) is 13.7. The number of carbonyl (C=O) groups is 1. The first kappa shape index (κ1) is 18.0. The van der Waals surface area contributed by atoms with Gasteiger partial charge < -0.3 is 14.6 Å². The van der Waals surface area contributed by atoms with Crippen LogP contribution in [0.4, 0.5) is 0 Å². The minimum Gasteiger partial charge on any atom is -0.488 e. The lowest BCUT2D eigenvalue weighted by atomic mass is 9.99. The highest BCUT2D eigenvalue weighted by Gasteiger charge is 2.17. The van der Waals surface area contributed by atoms with E-state index in [1.807, 2.05) is 49.4 Å². The highest BCUT2D eigenvalue weighted by molar-refractivity contribution is 6.06. The molecule has 0 saturated carbocycles. The van der Waals surface area contributed by atoms with Crippen LogP contribution < -0.4 is 4.74 Å². The Bertz CT molecular complexity index is 974. The third-order valence-electron chi connectivity index (χ3n) is 4.29. The number of aliphatic hydroxyl groups is 1. The molecule has 3 aromatic rings. The highest BCUT2D eigenvalue weighted by Crippen LogP contribution is 2.36. The second kappa shape index (κ2) is 7.58. The van der Waals surface area contributed by atoms with Crippen molar-refractivity contribution in [1.82, 2.24) is 0 Å². The minimum absolute atomic E-state index is 0.0625. The van der Waals surface area contributed by atoms with Crippen LogP contribution in [0.2, 0.25) is 0 Å². The topological polar surface area (TPSA) is 55.8 Å². The van der Waals surface area contributed by atoms with E-state index in [0.717, 1.165) is 32.9 Å². The first-order valence-electron chi connectivity index (χ1n) is 8.52. The van der Waals surface area contributed by atoms with Crippen LogP contribution in [0.5, 0.6) is 5.75 Å². The molecule has 0 aliphatic heterocycles. The van der Waals surface area contributed by atoms with Crippen LogP contribution in [0, 0.1) is 6.92 Å². The summed E-state index contributed by atoms with van der Waals surface area (Å²) >= 11 is 0. The molecule has 0 aromatic heterocycles. The van der Waals surface area contributed by atoms with Crippen molar-refractivity contribution in [3.05, 3.63) is 66.2 Å². The summed E-state index contributed by atoms with van der Waals surface area (Å²) < 4.78 is 11.3. The molecule has 26 heavy (non-hydrogen) atoms. The maximum atomic E-state index is 11.7. The highest BCUT2D eigenvalue weighted by atomic mass is 16.6. The van der Waals surface area contributed by atoms with E-state index in [0.29, 0.717) is 0 Å². The van der Waals surface area contributed by atoms with Crippen LogP contribution in [-0.2, 0) is 9.53 Å². The van der Waals surface area contributed by atoms with Gasteiger partial charge in [0.05, 0.1) is 6.61 Å². The van der Waals surface area contributed by atoms with E-state index in [4.69, 9.17) is 9.47 Å². The lowest BCUT2D eigenvalue weighted by molar-refractivity contribution is -0.147. The molecule has 0 radical (unpaired) electrons. The fraction of sp³-hybridized carbons (Fsp3) is 0.227. The molecule has 1 N–H and O–H groups in total. The smallest absolute Gasteiger partial charge is 0.333 e. The summed E-state index contributed by atoms with van der Waals surface area (Å²) in [4.78, 5) is 11.7. The van der Waals surface area contributed by atoms with Gasteiger partial charge in [-0.05, 0) is 36.2 Å². The first-order valence-corrected chi connectivity index (χ1v) is 8.52. The number of fused-ring (bicyclic) bond motifs is 2. The molecule has 0 amide bonds. The lowest BCUT2D eigenvalue weighted by Gasteiger charge is -2.19. The standard InChI is InChI=1S/C22H22O4/c1-14(2)22(24)26-18(12-23)13-25-21-19-10-5-4-8-16(19)11-17-9-6-7-15(3)20(17)21/h4-11,18,23H,1,12-13H2,2-3H3. The number of carbonyl (C=O) groups excluding carboxylic acids is 1. The van der Waals surface area contributed by atoms with Gasteiger partial charge in [0.1, 0.15) is 12.4 Å². The fourth-order valence-corrected chi connectivity index (χ4v) is 2.95. The zero-order valence-electron chi connectivity index (χ0n) is 15.0. The van der Waals surface area contributed by atoms with E-state index in [2.05, 4.69) is 12.6 Å². The molecular formula is C22H22O4. The van der Waals surface area contributed by atoms with Crippen molar-refractivity contribution >= 4 is 27.5 Å².